The first-order valence-corrected chi connectivity index (χ1v) is 25.8. The molecule has 2 aromatic carbocycles. The van der Waals surface area contributed by atoms with Crippen LogP contribution in [-0.2, 0) is 79.4 Å². The van der Waals surface area contributed by atoms with Crippen LogP contribution < -0.4 is 37.5 Å². The van der Waals surface area contributed by atoms with E-state index in [1.165, 1.54) is 27.7 Å². The van der Waals surface area contributed by atoms with Gasteiger partial charge in [-0.15, -0.1) is 0 Å². The number of aliphatic hydroxyl groups is 2. The molecule has 406 valence electrons. The van der Waals surface area contributed by atoms with E-state index in [2.05, 4.69) is 31.9 Å². The molecular formula is C54H60FN9O13. The van der Waals surface area contributed by atoms with Crippen LogP contribution in [0.1, 0.15) is 103 Å². The second-order valence-corrected chi connectivity index (χ2v) is 20.0. The van der Waals surface area contributed by atoms with Crippen LogP contribution >= 0.6 is 0 Å². The minimum Gasteiger partial charge on any atom is -0.458 e. The molecule has 8 N–H and O–H groups in total. The molecule has 5 aliphatic rings. The molecule has 5 heterocycles. The average Bonchev–Trinajstić information content (AvgIpc) is 4.09. The Balaban J connectivity index is 0.768. The molecule has 2 aliphatic carbocycles. The summed E-state index contributed by atoms with van der Waals surface area (Å²) in [4.78, 5) is 123. The number of aromatic nitrogens is 2. The number of ether oxygens (including phenoxy) is 2. The number of nitrogens with one attached hydrogen (secondary N) is 6. The van der Waals surface area contributed by atoms with Gasteiger partial charge in [0.2, 0.25) is 35.4 Å². The third kappa shape index (κ3) is 11.2. The van der Waals surface area contributed by atoms with Crippen molar-refractivity contribution in [1.29, 1.82) is 0 Å². The number of unbranched alkanes of at least 4 members (excludes halogenated alkanes) is 2. The van der Waals surface area contributed by atoms with Crippen LogP contribution in [0.25, 0.3) is 22.3 Å². The maximum Gasteiger partial charge on any atom is 0.343 e. The van der Waals surface area contributed by atoms with E-state index in [9.17, 15) is 53.4 Å². The fourth-order valence-corrected chi connectivity index (χ4v) is 10.4. The SMILES string of the molecule is CC[C@@]1(O)C(=O)OCc2c1cc1n(c2=O)Cc2c-1nc1cc(F)c(C)c3c1c2[C@@H](NC(=O)C1(OCNC(=O)CNC(=O)[C@H](Cc2ccccc2)NC(=O)CNC(=O)CNC(=O)CCCCCN2C(=O)C=CC2O)CC1)CC3. The van der Waals surface area contributed by atoms with Gasteiger partial charge in [-0.1, -0.05) is 43.7 Å². The van der Waals surface area contributed by atoms with Crippen LogP contribution in [0.15, 0.2) is 59.4 Å². The molecule has 7 amide bonds. The summed E-state index contributed by atoms with van der Waals surface area (Å²) in [5, 5.41) is 37.6. The summed E-state index contributed by atoms with van der Waals surface area (Å²) >= 11 is 0. The predicted molar refractivity (Wildman–Crippen MR) is 271 cm³/mol. The zero-order valence-electron chi connectivity index (χ0n) is 42.6. The number of cyclic esters (lactones) is 1. The number of pyridine rings is 2. The summed E-state index contributed by atoms with van der Waals surface area (Å²) in [5.41, 5.74) is 0.658. The monoisotopic (exact) mass is 1060 g/mol. The van der Waals surface area contributed by atoms with Gasteiger partial charge < -0.3 is 61.1 Å². The van der Waals surface area contributed by atoms with Crippen molar-refractivity contribution in [2.24, 2.45) is 0 Å². The van der Waals surface area contributed by atoms with Gasteiger partial charge in [-0.2, -0.15) is 0 Å². The smallest absolute Gasteiger partial charge is 0.343 e. The van der Waals surface area contributed by atoms with Crippen molar-refractivity contribution in [3.63, 3.8) is 0 Å². The molecule has 3 aliphatic heterocycles. The predicted octanol–water partition coefficient (Wildman–Crippen LogP) is 0.607. The van der Waals surface area contributed by atoms with Crippen molar-refractivity contribution in [2.75, 3.05) is 32.9 Å². The number of aryl methyl sites for hydroxylation is 1. The molecule has 9 rings (SSSR count). The van der Waals surface area contributed by atoms with Crippen molar-refractivity contribution in [1.82, 2.24) is 46.4 Å². The number of rotatable bonds is 22. The molecule has 23 heteroatoms. The van der Waals surface area contributed by atoms with Crippen molar-refractivity contribution >= 4 is 58.2 Å². The first-order chi connectivity index (χ1) is 36.9. The van der Waals surface area contributed by atoms with Crippen LogP contribution in [0.3, 0.4) is 0 Å². The lowest BCUT2D eigenvalue weighted by Crippen LogP contribution is -2.52. The Bertz CT molecular complexity index is 3180. The highest BCUT2D eigenvalue weighted by Gasteiger charge is 2.53. The zero-order chi connectivity index (χ0) is 54.8. The number of benzene rings is 2. The first kappa shape index (κ1) is 53.9. The van der Waals surface area contributed by atoms with E-state index in [0.29, 0.717) is 96.0 Å². The molecule has 0 radical (unpaired) electrons. The highest BCUT2D eigenvalue weighted by atomic mass is 19.1. The van der Waals surface area contributed by atoms with Gasteiger partial charge in [0.15, 0.2) is 5.60 Å². The number of hydrogen-bond acceptors (Lipinski definition) is 14. The standard InChI is InChI=1S/C54H60FN9O13/c1-3-54(75)34-21-39-48-32(26-64(39)50(72)33(34)27-76-52(54)74)47-36(14-13-31-29(2)35(55)22-37(61-48)46(31)47)62-51(73)53(17-18-53)77-28-59-42(67)24-58-49(71)38(20-30-10-6-4-7-11-30)60-43(68)25-57-41(66)23-56-40(65)12-8-5-9-19-63-44(69)15-16-45(63)70/h4,6-7,10-11,15-16,21-22,36,38,44,69,75H,3,5,8-9,12-14,17-20,23-28H2,1-2H3,(H,56,65)(H,57,66)(H,58,71)(H,59,67)(H,60,68)(H,62,73)/t36-,38-,44?,54-/m0/s1. The number of esters is 1. The van der Waals surface area contributed by atoms with E-state index < -0.39 is 103 Å². The summed E-state index contributed by atoms with van der Waals surface area (Å²) in [7, 11) is 0. The molecule has 1 unspecified atom stereocenters. The third-order valence-corrected chi connectivity index (χ3v) is 15.0. The first-order valence-electron chi connectivity index (χ1n) is 25.8. The van der Waals surface area contributed by atoms with Crippen LogP contribution in [0.4, 0.5) is 4.39 Å². The van der Waals surface area contributed by atoms with Crippen LogP contribution in [0.5, 0.6) is 0 Å². The number of carbonyl (C=O) groups is 8. The molecule has 1 saturated carbocycles. The largest absolute Gasteiger partial charge is 0.458 e. The molecule has 77 heavy (non-hydrogen) atoms. The molecule has 0 spiro atoms. The van der Waals surface area contributed by atoms with Crippen molar-refractivity contribution < 1.29 is 62.4 Å². The molecule has 4 aromatic rings. The number of fused-ring (bicyclic) bond motifs is 5. The Morgan fingerprint density at radius 2 is 1.64 bits per heavy atom. The van der Waals surface area contributed by atoms with Crippen LogP contribution in [0, 0.1) is 12.7 Å². The summed E-state index contributed by atoms with van der Waals surface area (Å²) < 4.78 is 28.2. The van der Waals surface area contributed by atoms with Crippen LogP contribution in [-0.4, -0.2) is 123 Å². The van der Waals surface area contributed by atoms with E-state index in [-0.39, 0.29) is 55.4 Å². The number of carbonyl (C=O) groups excluding carboxylic acids is 8. The Labute approximate surface area is 440 Å². The fraction of sp³-hybridized carbons (Fsp3) is 0.444. The van der Waals surface area contributed by atoms with E-state index in [1.807, 2.05) is 0 Å². The topological polar surface area (TPSA) is 306 Å². The summed E-state index contributed by atoms with van der Waals surface area (Å²) in [6, 6.07) is 9.92. The third-order valence-electron chi connectivity index (χ3n) is 15.0. The number of nitrogens with zero attached hydrogens (tertiary/aromatic N) is 3. The van der Waals surface area contributed by atoms with E-state index in [1.54, 1.807) is 50.2 Å². The van der Waals surface area contributed by atoms with Crippen LogP contribution in [0.2, 0.25) is 0 Å². The molecule has 2 aromatic heterocycles. The van der Waals surface area contributed by atoms with Crippen molar-refractivity contribution in [3.05, 3.63) is 110 Å². The summed E-state index contributed by atoms with van der Waals surface area (Å²) in [5.74, 6) is -5.13. The minimum atomic E-state index is -2.05. The number of hydrogen-bond donors (Lipinski definition) is 8. The lowest BCUT2D eigenvalue weighted by atomic mass is 9.81. The summed E-state index contributed by atoms with van der Waals surface area (Å²) in [6.45, 7) is 1.57. The van der Waals surface area contributed by atoms with Gasteiger partial charge in [0.05, 0.1) is 54.7 Å². The van der Waals surface area contributed by atoms with Gasteiger partial charge in [0.1, 0.15) is 37.0 Å². The lowest BCUT2D eigenvalue weighted by Gasteiger charge is -2.31. The Morgan fingerprint density at radius 3 is 2.36 bits per heavy atom. The number of amides is 7. The Morgan fingerprint density at radius 1 is 0.909 bits per heavy atom. The van der Waals surface area contributed by atoms with Gasteiger partial charge in [-0.3, -0.25) is 38.4 Å². The number of halogens is 1. The van der Waals surface area contributed by atoms with Gasteiger partial charge in [-0.25, -0.2) is 14.2 Å². The molecule has 0 bridgehead atoms. The highest BCUT2D eigenvalue weighted by Crippen LogP contribution is 2.47. The molecule has 1 fully saturated rings. The zero-order valence-corrected chi connectivity index (χ0v) is 42.6. The number of aliphatic hydroxyl groups excluding tert-OH is 1. The Kier molecular flexibility index (Phi) is 15.7. The van der Waals surface area contributed by atoms with E-state index in [4.69, 9.17) is 14.5 Å². The highest BCUT2D eigenvalue weighted by molar-refractivity contribution is 5.96. The van der Waals surface area contributed by atoms with E-state index in [0.717, 1.165) is 5.56 Å². The maximum absolute atomic E-state index is 15.5. The van der Waals surface area contributed by atoms with Gasteiger partial charge in [0.25, 0.3) is 11.5 Å². The molecule has 4 atom stereocenters. The van der Waals surface area contributed by atoms with Crippen molar-refractivity contribution in [3.8, 4) is 11.4 Å². The maximum atomic E-state index is 15.5. The lowest BCUT2D eigenvalue weighted by molar-refractivity contribution is -0.172. The second kappa shape index (κ2) is 22.4. The average molecular weight is 1060 g/mol. The van der Waals surface area contributed by atoms with Gasteiger partial charge >= 0.3 is 5.97 Å². The minimum absolute atomic E-state index is 0.0433. The van der Waals surface area contributed by atoms with Crippen molar-refractivity contribution in [2.45, 2.75) is 121 Å². The molecular weight excluding hydrogens is 1000 g/mol. The fourth-order valence-electron chi connectivity index (χ4n) is 10.4. The second-order valence-electron chi connectivity index (χ2n) is 20.0. The quantitative estimate of drug-likeness (QED) is 0.0268. The molecule has 0 saturated heterocycles. The van der Waals surface area contributed by atoms with E-state index >= 15 is 4.39 Å². The summed E-state index contributed by atoms with van der Waals surface area (Å²) in [6.07, 6.45) is 5.03. The Hall–Kier alpha value is -7.89. The normalized spacial score (nSPS) is 19.6. The van der Waals surface area contributed by atoms with Gasteiger partial charge in [-0.05, 0) is 86.3 Å². The molecule has 22 nitrogen and oxygen atoms in total. The van der Waals surface area contributed by atoms with Gasteiger partial charge in [0, 0.05) is 48.0 Å².